The van der Waals surface area contributed by atoms with Crippen molar-refractivity contribution in [1.82, 2.24) is 4.72 Å². The third kappa shape index (κ3) is 2.69. The van der Waals surface area contributed by atoms with E-state index >= 15 is 0 Å². The molecule has 1 N–H and O–H groups in total. The molecule has 6 heteroatoms. The minimum absolute atomic E-state index is 0.352. The summed E-state index contributed by atoms with van der Waals surface area (Å²) >= 11 is 1.67. The highest BCUT2D eigenvalue weighted by molar-refractivity contribution is 7.98. The molecule has 0 saturated heterocycles. The lowest BCUT2D eigenvalue weighted by Gasteiger charge is -2.29. The molecule has 1 unspecified atom stereocenters. The van der Waals surface area contributed by atoms with Gasteiger partial charge in [0, 0.05) is 35.5 Å². The van der Waals surface area contributed by atoms with Crippen molar-refractivity contribution in [3.8, 4) is 0 Å². The number of rotatable bonds is 3. The van der Waals surface area contributed by atoms with E-state index in [1.807, 2.05) is 61.6 Å². The Balaban J connectivity index is 2.01. The normalized spacial score (nSPS) is 18.0. The molecule has 0 radical (unpaired) electrons. The molecule has 1 aliphatic heterocycles. The standard InChI is InChI=1S/C20H20N2O2S2/c1-22(2)17-12-11-16-19-15(17)5-4-6-18(19)26(23,24)21-20(16)13-7-9-14(25-3)10-8-13/h4-12,20-21H,1-3H3. The zero-order valence-electron chi connectivity index (χ0n) is 14.9. The quantitative estimate of drug-likeness (QED) is 0.693. The minimum atomic E-state index is -3.58. The van der Waals surface area contributed by atoms with Crippen molar-refractivity contribution in [2.75, 3.05) is 25.3 Å². The summed E-state index contributed by atoms with van der Waals surface area (Å²) in [5.74, 6) is 0. The first-order chi connectivity index (χ1) is 12.4. The van der Waals surface area contributed by atoms with Gasteiger partial charge >= 0.3 is 0 Å². The van der Waals surface area contributed by atoms with Gasteiger partial charge in [0.1, 0.15) is 0 Å². The fourth-order valence-electron chi connectivity index (χ4n) is 3.56. The minimum Gasteiger partial charge on any atom is -0.377 e. The molecule has 0 aromatic heterocycles. The van der Waals surface area contributed by atoms with Gasteiger partial charge in [-0.25, -0.2) is 8.42 Å². The van der Waals surface area contributed by atoms with E-state index in [0.29, 0.717) is 4.90 Å². The van der Waals surface area contributed by atoms with Crippen LogP contribution < -0.4 is 9.62 Å². The van der Waals surface area contributed by atoms with E-state index in [0.717, 1.165) is 32.5 Å². The predicted molar refractivity (Wildman–Crippen MR) is 109 cm³/mol. The van der Waals surface area contributed by atoms with Crippen LogP contribution in [-0.2, 0) is 10.0 Å². The predicted octanol–water partition coefficient (Wildman–Crippen LogP) is 4.01. The summed E-state index contributed by atoms with van der Waals surface area (Å²) < 4.78 is 28.7. The second-order valence-corrected chi connectivity index (χ2v) is 9.14. The fourth-order valence-corrected chi connectivity index (χ4v) is 5.43. The van der Waals surface area contributed by atoms with Gasteiger partial charge in [-0.1, -0.05) is 30.3 Å². The fraction of sp³-hybridized carbons (Fsp3) is 0.200. The van der Waals surface area contributed by atoms with Crippen LogP contribution in [0.25, 0.3) is 10.8 Å². The number of nitrogens with one attached hydrogen (secondary N) is 1. The second-order valence-electron chi connectivity index (χ2n) is 6.57. The second kappa shape index (κ2) is 6.30. The molecule has 0 bridgehead atoms. The average molecular weight is 385 g/mol. The summed E-state index contributed by atoms with van der Waals surface area (Å²) in [6, 6.07) is 17.2. The number of nitrogens with zero attached hydrogens (tertiary/aromatic N) is 1. The largest absolute Gasteiger partial charge is 0.377 e. The average Bonchev–Trinajstić information content (AvgIpc) is 2.64. The number of anilines is 1. The molecule has 1 heterocycles. The molecule has 4 nitrogen and oxygen atoms in total. The molecule has 3 aromatic rings. The van der Waals surface area contributed by atoms with Crippen molar-refractivity contribution in [2.45, 2.75) is 15.8 Å². The Morgan fingerprint density at radius 1 is 1.00 bits per heavy atom. The highest BCUT2D eigenvalue weighted by atomic mass is 32.2. The Morgan fingerprint density at radius 3 is 2.38 bits per heavy atom. The highest BCUT2D eigenvalue weighted by Gasteiger charge is 2.32. The van der Waals surface area contributed by atoms with E-state index in [2.05, 4.69) is 10.8 Å². The maximum absolute atomic E-state index is 12.9. The molecular weight excluding hydrogens is 364 g/mol. The first-order valence-corrected chi connectivity index (χ1v) is 11.0. The molecule has 3 aromatic carbocycles. The number of benzene rings is 3. The maximum Gasteiger partial charge on any atom is 0.242 e. The van der Waals surface area contributed by atoms with Crippen LogP contribution in [0.5, 0.6) is 0 Å². The van der Waals surface area contributed by atoms with Gasteiger partial charge in [-0.15, -0.1) is 11.8 Å². The summed E-state index contributed by atoms with van der Waals surface area (Å²) in [7, 11) is 0.363. The van der Waals surface area contributed by atoms with Crippen LogP contribution >= 0.6 is 11.8 Å². The first-order valence-electron chi connectivity index (χ1n) is 8.31. The third-order valence-corrected chi connectivity index (χ3v) is 7.02. The lowest BCUT2D eigenvalue weighted by Crippen LogP contribution is -2.33. The van der Waals surface area contributed by atoms with Crippen molar-refractivity contribution >= 4 is 38.2 Å². The summed E-state index contributed by atoms with van der Waals surface area (Å²) in [5.41, 5.74) is 2.95. The van der Waals surface area contributed by atoms with Gasteiger partial charge in [0.15, 0.2) is 0 Å². The molecule has 0 saturated carbocycles. The van der Waals surface area contributed by atoms with Crippen molar-refractivity contribution in [3.05, 3.63) is 65.7 Å². The molecule has 26 heavy (non-hydrogen) atoms. The Morgan fingerprint density at radius 2 is 1.73 bits per heavy atom. The maximum atomic E-state index is 12.9. The smallest absolute Gasteiger partial charge is 0.242 e. The van der Waals surface area contributed by atoms with E-state index < -0.39 is 10.0 Å². The van der Waals surface area contributed by atoms with Crippen LogP contribution in [0.4, 0.5) is 5.69 Å². The monoisotopic (exact) mass is 384 g/mol. The van der Waals surface area contributed by atoms with Crippen LogP contribution in [0, 0.1) is 0 Å². The molecule has 134 valence electrons. The van der Waals surface area contributed by atoms with E-state index in [-0.39, 0.29) is 6.04 Å². The zero-order valence-corrected chi connectivity index (χ0v) is 16.5. The Labute approximate surface area is 158 Å². The summed E-state index contributed by atoms with van der Waals surface area (Å²) in [4.78, 5) is 3.52. The van der Waals surface area contributed by atoms with Gasteiger partial charge in [-0.05, 0) is 41.6 Å². The number of thioether (sulfide) groups is 1. The first kappa shape index (κ1) is 17.4. The Hall–Kier alpha value is -2.02. The van der Waals surface area contributed by atoms with Crippen LogP contribution in [0.2, 0.25) is 0 Å². The Bertz CT molecular complexity index is 1090. The van der Waals surface area contributed by atoms with Gasteiger partial charge in [0.05, 0.1) is 10.9 Å². The number of hydrogen-bond acceptors (Lipinski definition) is 4. The SMILES string of the molecule is CSc1ccc(C2NS(=O)(=O)c3cccc4c(N(C)C)ccc2c34)cc1. The zero-order chi connectivity index (χ0) is 18.5. The van der Waals surface area contributed by atoms with E-state index in [9.17, 15) is 8.42 Å². The van der Waals surface area contributed by atoms with Gasteiger partial charge in [0.2, 0.25) is 10.0 Å². The summed E-state index contributed by atoms with van der Waals surface area (Å²) in [6.45, 7) is 0. The summed E-state index contributed by atoms with van der Waals surface area (Å²) in [6.07, 6.45) is 2.03. The van der Waals surface area contributed by atoms with Gasteiger partial charge in [-0.3, -0.25) is 0 Å². The van der Waals surface area contributed by atoms with E-state index in [4.69, 9.17) is 0 Å². The molecule has 1 atom stereocenters. The van der Waals surface area contributed by atoms with Crippen molar-refractivity contribution in [1.29, 1.82) is 0 Å². The van der Waals surface area contributed by atoms with Crippen LogP contribution in [0.1, 0.15) is 17.2 Å². The van der Waals surface area contributed by atoms with Crippen molar-refractivity contribution in [2.24, 2.45) is 0 Å². The topological polar surface area (TPSA) is 49.4 Å². The lowest BCUT2D eigenvalue weighted by atomic mass is 9.93. The lowest BCUT2D eigenvalue weighted by molar-refractivity contribution is 0.569. The molecule has 1 aliphatic rings. The molecule has 0 aliphatic carbocycles. The molecule has 0 fully saturated rings. The highest BCUT2D eigenvalue weighted by Crippen LogP contribution is 2.41. The number of hydrogen-bond donors (Lipinski definition) is 1. The molecular formula is C20H20N2O2S2. The summed E-state index contributed by atoms with van der Waals surface area (Å²) in [5, 5.41) is 1.78. The van der Waals surface area contributed by atoms with Crippen LogP contribution in [0.3, 0.4) is 0 Å². The van der Waals surface area contributed by atoms with E-state index in [1.165, 1.54) is 0 Å². The van der Waals surface area contributed by atoms with Crippen molar-refractivity contribution < 1.29 is 8.42 Å². The van der Waals surface area contributed by atoms with Gasteiger partial charge in [-0.2, -0.15) is 4.72 Å². The molecule has 0 spiro atoms. The van der Waals surface area contributed by atoms with Crippen LogP contribution in [-0.4, -0.2) is 28.8 Å². The van der Waals surface area contributed by atoms with Gasteiger partial charge < -0.3 is 4.90 Å². The van der Waals surface area contributed by atoms with Crippen LogP contribution in [0.15, 0.2) is 64.4 Å². The third-order valence-electron chi connectivity index (χ3n) is 4.82. The Kier molecular flexibility index (Phi) is 4.22. The number of sulfonamides is 1. The van der Waals surface area contributed by atoms with Crippen molar-refractivity contribution in [3.63, 3.8) is 0 Å². The molecule has 4 rings (SSSR count). The van der Waals surface area contributed by atoms with E-state index in [1.54, 1.807) is 23.9 Å². The molecule has 0 amide bonds. The van der Waals surface area contributed by atoms with Gasteiger partial charge in [0.25, 0.3) is 0 Å².